The average Bonchev–Trinajstić information content (AvgIpc) is 2.72. The van der Waals surface area contributed by atoms with Crippen molar-refractivity contribution in [1.29, 1.82) is 0 Å². The summed E-state index contributed by atoms with van der Waals surface area (Å²) in [5.74, 6) is 0.674. The van der Waals surface area contributed by atoms with E-state index in [1.807, 2.05) is 5.38 Å². The predicted octanol–water partition coefficient (Wildman–Crippen LogP) is 0.496. The number of hydrogen-bond donors (Lipinski definition) is 1. The first-order chi connectivity index (χ1) is 6.90. The fourth-order valence-electron chi connectivity index (χ4n) is 0.990. The smallest absolute Gasteiger partial charge is 0.152 e. The van der Waals surface area contributed by atoms with Crippen LogP contribution >= 0.6 is 11.3 Å². The summed E-state index contributed by atoms with van der Waals surface area (Å²) >= 11 is 1.52. The molecule has 0 aliphatic rings. The number of hydrogen-bond acceptors (Lipinski definition) is 6. The Bertz CT molecular complexity index is 383. The summed E-state index contributed by atoms with van der Waals surface area (Å²) in [5.41, 5.74) is 6.08. The molecule has 0 aliphatic heterocycles. The average molecular weight is 207 g/mol. The van der Waals surface area contributed by atoms with Crippen molar-refractivity contribution in [2.75, 3.05) is 6.54 Å². The van der Waals surface area contributed by atoms with Crippen molar-refractivity contribution in [1.82, 2.24) is 20.2 Å². The quantitative estimate of drug-likeness (QED) is 0.792. The van der Waals surface area contributed by atoms with Gasteiger partial charge in [-0.3, -0.25) is 0 Å². The van der Waals surface area contributed by atoms with Crippen LogP contribution in [0.25, 0.3) is 10.7 Å². The zero-order valence-electron chi connectivity index (χ0n) is 7.42. The number of nitrogens with two attached hydrogens (primary N) is 1. The van der Waals surface area contributed by atoms with Gasteiger partial charge in [-0.2, -0.15) is 0 Å². The van der Waals surface area contributed by atoms with Crippen molar-refractivity contribution >= 4 is 11.3 Å². The highest BCUT2D eigenvalue weighted by molar-refractivity contribution is 7.13. The maximum Gasteiger partial charge on any atom is 0.152 e. The van der Waals surface area contributed by atoms with Crippen LogP contribution in [0.4, 0.5) is 0 Å². The zero-order valence-corrected chi connectivity index (χ0v) is 8.24. The summed E-state index contributed by atoms with van der Waals surface area (Å²) < 4.78 is 0. The summed E-state index contributed by atoms with van der Waals surface area (Å²) in [7, 11) is 0. The van der Waals surface area contributed by atoms with Crippen molar-refractivity contribution < 1.29 is 0 Å². The Labute approximate surface area is 85.0 Å². The van der Waals surface area contributed by atoms with Gasteiger partial charge in [-0.1, -0.05) is 0 Å². The summed E-state index contributed by atoms with van der Waals surface area (Å²) in [6.07, 6.45) is 4.07. The first-order valence-electron chi connectivity index (χ1n) is 4.18. The second-order valence-electron chi connectivity index (χ2n) is 2.64. The summed E-state index contributed by atoms with van der Waals surface area (Å²) in [4.78, 5) is 8.25. The highest BCUT2D eigenvalue weighted by Gasteiger charge is 2.03. The second-order valence-corrected chi connectivity index (χ2v) is 3.53. The first-order valence-corrected chi connectivity index (χ1v) is 5.06. The minimum absolute atomic E-state index is 0.540. The molecule has 2 aromatic heterocycles. The maximum absolute atomic E-state index is 5.38. The molecule has 2 N–H and O–H groups in total. The Balaban J connectivity index is 2.22. The van der Waals surface area contributed by atoms with Crippen LogP contribution in [0.2, 0.25) is 0 Å². The van der Waals surface area contributed by atoms with Gasteiger partial charge in [0, 0.05) is 18.0 Å². The molecule has 0 saturated heterocycles. The van der Waals surface area contributed by atoms with Gasteiger partial charge >= 0.3 is 0 Å². The Hall–Kier alpha value is -1.40. The third-order valence-corrected chi connectivity index (χ3v) is 2.42. The van der Waals surface area contributed by atoms with Crippen molar-refractivity contribution in [2.45, 2.75) is 6.42 Å². The lowest BCUT2D eigenvalue weighted by Gasteiger charge is -1.96. The first kappa shape index (κ1) is 9.17. The molecule has 0 radical (unpaired) electrons. The second kappa shape index (κ2) is 4.21. The molecule has 2 rings (SSSR count). The SMILES string of the molecule is NCCc1ncc(-c2nccs2)nn1. The van der Waals surface area contributed by atoms with Crippen molar-refractivity contribution in [3.05, 3.63) is 23.6 Å². The van der Waals surface area contributed by atoms with Gasteiger partial charge in [-0.15, -0.1) is 21.5 Å². The topological polar surface area (TPSA) is 77.6 Å². The molecule has 2 aromatic rings. The standard InChI is InChI=1S/C8H9N5S/c9-2-1-7-11-5-6(12-13-7)8-10-3-4-14-8/h3-5H,1-2,9H2. The van der Waals surface area contributed by atoms with Crippen LogP contribution in [0.5, 0.6) is 0 Å². The lowest BCUT2D eigenvalue weighted by molar-refractivity contribution is 0.812. The largest absolute Gasteiger partial charge is 0.330 e. The van der Waals surface area contributed by atoms with E-state index < -0.39 is 0 Å². The van der Waals surface area contributed by atoms with Crippen LogP contribution in [-0.4, -0.2) is 26.7 Å². The third-order valence-electron chi connectivity index (χ3n) is 1.63. The molecule has 0 bridgehead atoms. The lowest BCUT2D eigenvalue weighted by atomic mass is 10.4. The molecule has 14 heavy (non-hydrogen) atoms. The van der Waals surface area contributed by atoms with Gasteiger partial charge in [0.2, 0.25) is 0 Å². The van der Waals surface area contributed by atoms with E-state index in [0.717, 1.165) is 5.01 Å². The highest BCUT2D eigenvalue weighted by atomic mass is 32.1. The van der Waals surface area contributed by atoms with Gasteiger partial charge in [-0.25, -0.2) is 9.97 Å². The van der Waals surface area contributed by atoms with E-state index in [2.05, 4.69) is 20.2 Å². The van der Waals surface area contributed by atoms with E-state index >= 15 is 0 Å². The van der Waals surface area contributed by atoms with Gasteiger partial charge in [-0.05, 0) is 6.54 Å². The monoisotopic (exact) mass is 207 g/mol. The van der Waals surface area contributed by atoms with Crippen LogP contribution in [-0.2, 0) is 6.42 Å². The fourth-order valence-corrected chi connectivity index (χ4v) is 1.58. The van der Waals surface area contributed by atoms with E-state index in [4.69, 9.17) is 5.73 Å². The molecule has 5 nitrogen and oxygen atoms in total. The number of rotatable bonds is 3. The Morgan fingerprint density at radius 3 is 2.79 bits per heavy atom. The Morgan fingerprint density at radius 1 is 1.29 bits per heavy atom. The molecule has 2 heterocycles. The van der Waals surface area contributed by atoms with Gasteiger partial charge < -0.3 is 5.73 Å². The normalized spacial score (nSPS) is 10.4. The van der Waals surface area contributed by atoms with Crippen molar-refractivity contribution in [3.63, 3.8) is 0 Å². The van der Waals surface area contributed by atoms with Crippen LogP contribution in [0, 0.1) is 0 Å². The minimum atomic E-state index is 0.540. The molecule has 0 saturated carbocycles. The van der Waals surface area contributed by atoms with Gasteiger partial charge in [0.15, 0.2) is 5.82 Å². The van der Waals surface area contributed by atoms with Crippen LogP contribution in [0.3, 0.4) is 0 Å². The lowest BCUT2D eigenvalue weighted by Crippen LogP contribution is -2.07. The van der Waals surface area contributed by atoms with E-state index in [1.54, 1.807) is 12.4 Å². The number of nitrogens with zero attached hydrogens (tertiary/aromatic N) is 4. The Morgan fingerprint density at radius 2 is 2.21 bits per heavy atom. The molecular formula is C8H9N5S. The molecule has 0 aromatic carbocycles. The van der Waals surface area contributed by atoms with Crippen LogP contribution in [0.1, 0.15) is 5.82 Å². The maximum atomic E-state index is 5.38. The molecule has 0 amide bonds. The fraction of sp³-hybridized carbons (Fsp3) is 0.250. The molecule has 0 unspecified atom stereocenters. The number of aromatic nitrogens is 4. The van der Waals surface area contributed by atoms with E-state index in [9.17, 15) is 0 Å². The predicted molar refractivity (Wildman–Crippen MR) is 53.7 cm³/mol. The van der Waals surface area contributed by atoms with Crippen molar-refractivity contribution in [3.8, 4) is 10.7 Å². The minimum Gasteiger partial charge on any atom is -0.330 e. The molecule has 0 spiro atoms. The van der Waals surface area contributed by atoms with Gasteiger partial charge in [0.25, 0.3) is 0 Å². The number of thiazole rings is 1. The van der Waals surface area contributed by atoms with Crippen LogP contribution < -0.4 is 5.73 Å². The molecule has 0 atom stereocenters. The van der Waals surface area contributed by atoms with E-state index in [0.29, 0.717) is 24.5 Å². The Kier molecular flexibility index (Phi) is 2.76. The van der Waals surface area contributed by atoms with Crippen molar-refractivity contribution in [2.24, 2.45) is 5.73 Å². The van der Waals surface area contributed by atoms with E-state index in [-0.39, 0.29) is 0 Å². The van der Waals surface area contributed by atoms with Crippen LogP contribution in [0.15, 0.2) is 17.8 Å². The summed E-state index contributed by atoms with van der Waals surface area (Å²) in [6, 6.07) is 0. The van der Waals surface area contributed by atoms with Gasteiger partial charge in [0.1, 0.15) is 10.7 Å². The summed E-state index contributed by atoms with van der Waals surface area (Å²) in [5, 5.41) is 10.7. The molecule has 6 heteroatoms. The summed E-state index contributed by atoms with van der Waals surface area (Å²) in [6.45, 7) is 0.540. The zero-order chi connectivity index (χ0) is 9.80. The highest BCUT2D eigenvalue weighted by Crippen LogP contribution is 2.16. The third kappa shape index (κ3) is 1.91. The molecule has 0 aliphatic carbocycles. The molecule has 0 fully saturated rings. The molecular weight excluding hydrogens is 198 g/mol. The van der Waals surface area contributed by atoms with Gasteiger partial charge in [0.05, 0.1) is 6.20 Å². The molecule has 72 valence electrons. The van der Waals surface area contributed by atoms with E-state index in [1.165, 1.54) is 11.3 Å².